The fourth-order valence-corrected chi connectivity index (χ4v) is 1.99. The predicted molar refractivity (Wildman–Crippen MR) is 92.4 cm³/mol. The molecule has 3 aromatic rings. The van der Waals surface area contributed by atoms with Crippen molar-refractivity contribution < 1.29 is 17.1 Å². The average molecular weight is 352 g/mol. The van der Waals surface area contributed by atoms with Crippen molar-refractivity contribution in [1.82, 2.24) is 0 Å². The standard InChI is InChI=1S/C12H10.C6H5FS.CHF3/c1-3-7-11(8-4-1)12-9-5-2-6-10-12;7-8-6-4-2-1-3-5-6;2-1(3)4/h1-10H;1-5H;1H. The van der Waals surface area contributed by atoms with Gasteiger partial charge in [0.25, 0.3) is 0 Å². The van der Waals surface area contributed by atoms with E-state index in [1.807, 2.05) is 30.3 Å². The minimum Gasteiger partial charge on any atom is -0.174 e. The first kappa shape index (κ1) is 19.8. The lowest BCUT2D eigenvalue weighted by molar-refractivity contribution is 0.00819. The van der Waals surface area contributed by atoms with Crippen LogP contribution in [0.25, 0.3) is 11.1 Å². The molecule has 0 aromatic heterocycles. The van der Waals surface area contributed by atoms with Gasteiger partial charge in [-0.3, -0.25) is 0 Å². The molecule has 126 valence electrons. The van der Waals surface area contributed by atoms with Gasteiger partial charge in [-0.2, -0.15) is 17.1 Å². The fourth-order valence-electron chi connectivity index (χ4n) is 1.73. The summed E-state index contributed by atoms with van der Waals surface area (Å²) in [5, 5.41) is 0. The van der Waals surface area contributed by atoms with Crippen molar-refractivity contribution in [2.75, 3.05) is 0 Å². The van der Waals surface area contributed by atoms with Crippen LogP contribution in [0.2, 0.25) is 0 Å². The second-order valence-corrected chi connectivity index (χ2v) is 5.00. The monoisotopic (exact) mass is 352 g/mol. The summed E-state index contributed by atoms with van der Waals surface area (Å²) in [6, 6.07) is 29.7. The van der Waals surface area contributed by atoms with E-state index in [4.69, 9.17) is 0 Å². The molecule has 0 aliphatic carbocycles. The van der Waals surface area contributed by atoms with Gasteiger partial charge in [-0.25, -0.2) is 0 Å². The smallest absolute Gasteiger partial charge is 0.174 e. The van der Waals surface area contributed by atoms with Gasteiger partial charge in [0, 0.05) is 4.90 Å². The third-order valence-corrected chi connectivity index (χ3v) is 3.16. The van der Waals surface area contributed by atoms with Gasteiger partial charge in [-0.05, 0) is 23.3 Å². The largest absolute Gasteiger partial charge is 0.379 e. The normalized spacial score (nSPS) is 9.38. The Kier molecular flexibility index (Phi) is 10.0. The molecule has 0 radical (unpaired) electrons. The van der Waals surface area contributed by atoms with E-state index in [9.17, 15) is 17.1 Å². The van der Waals surface area contributed by atoms with E-state index in [2.05, 4.69) is 48.5 Å². The van der Waals surface area contributed by atoms with Gasteiger partial charge >= 0.3 is 6.68 Å². The quantitative estimate of drug-likeness (QED) is 0.440. The van der Waals surface area contributed by atoms with Crippen molar-refractivity contribution in [2.45, 2.75) is 11.6 Å². The highest BCUT2D eigenvalue weighted by molar-refractivity contribution is 7.94. The molecule has 0 spiro atoms. The molecule has 24 heavy (non-hydrogen) atoms. The van der Waals surface area contributed by atoms with Crippen LogP contribution in [0.1, 0.15) is 0 Å². The van der Waals surface area contributed by atoms with Crippen LogP contribution in [-0.2, 0) is 0 Å². The number of hydrogen-bond acceptors (Lipinski definition) is 1. The highest BCUT2D eigenvalue weighted by Crippen LogP contribution is 2.17. The molecular formula is C19H16F4S. The molecule has 0 heterocycles. The first-order valence-corrected chi connectivity index (χ1v) is 7.71. The zero-order valence-electron chi connectivity index (χ0n) is 12.7. The third-order valence-electron chi connectivity index (χ3n) is 2.71. The Balaban J connectivity index is 0.000000208. The third kappa shape index (κ3) is 9.00. The van der Waals surface area contributed by atoms with Crippen molar-refractivity contribution in [1.29, 1.82) is 0 Å². The van der Waals surface area contributed by atoms with Crippen LogP contribution >= 0.6 is 12.1 Å². The molecule has 0 amide bonds. The van der Waals surface area contributed by atoms with Crippen LogP contribution in [0, 0.1) is 0 Å². The lowest BCUT2D eigenvalue weighted by Crippen LogP contribution is -1.73. The van der Waals surface area contributed by atoms with Crippen LogP contribution in [0.15, 0.2) is 95.9 Å². The summed E-state index contributed by atoms with van der Waals surface area (Å²) < 4.78 is 40.6. The molecule has 0 unspecified atom stereocenters. The molecule has 0 bridgehead atoms. The molecule has 0 fully saturated rings. The minimum absolute atomic E-state index is 0.269. The van der Waals surface area contributed by atoms with Crippen LogP contribution in [-0.4, -0.2) is 6.68 Å². The zero-order chi connectivity index (χ0) is 17.6. The average Bonchev–Trinajstić information content (AvgIpc) is 2.64. The molecule has 5 heteroatoms. The van der Waals surface area contributed by atoms with Gasteiger partial charge in [0.1, 0.15) is 0 Å². The summed E-state index contributed by atoms with van der Waals surface area (Å²) in [6.45, 7) is -3.67. The number of halogens is 4. The molecule has 3 rings (SSSR count). The number of rotatable bonds is 2. The Labute approximate surface area is 143 Å². The summed E-state index contributed by atoms with van der Waals surface area (Å²) in [7, 11) is 0. The Morgan fingerprint density at radius 1 is 0.542 bits per heavy atom. The maximum absolute atomic E-state index is 11.6. The fraction of sp³-hybridized carbons (Fsp3) is 0.0526. The number of hydrogen-bond donors (Lipinski definition) is 0. The van der Waals surface area contributed by atoms with Crippen molar-refractivity contribution in [3.8, 4) is 11.1 Å². The SMILES string of the molecule is FC(F)F.FSc1ccccc1.c1ccc(-c2ccccc2)cc1. The topological polar surface area (TPSA) is 0 Å². The molecule has 0 saturated heterocycles. The van der Waals surface area contributed by atoms with Gasteiger partial charge < -0.3 is 0 Å². The summed E-state index contributed by atoms with van der Waals surface area (Å²) in [5.41, 5.74) is 2.55. The second kappa shape index (κ2) is 12.2. The highest BCUT2D eigenvalue weighted by atomic mass is 32.2. The van der Waals surface area contributed by atoms with Gasteiger partial charge in [0.15, 0.2) is 0 Å². The maximum atomic E-state index is 11.6. The van der Waals surface area contributed by atoms with E-state index in [0.717, 1.165) is 0 Å². The summed E-state index contributed by atoms with van der Waals surface area (Å²) in [5.74, 6) is 0. The van der Waals surface area contributed by atoms with Crippen molar-refractivity contribution in [2.24, 2.45) is 0 Å². The van der Waals surface area contributed by atoms with Crippen molar-refractivity contribution in [3.63, 3.8) is 0 Å². The Morgan fingerprint density at radius 2 is 0.833 bits per heavy atom. The maximum Gasteiger partial charge on any atom is 0.379 e. The predicted octanol–water partition coefficient (Wildman–Crippen LogP) is 7.20. The Bertz CT molecular complexity index is 606. The molecule has 0 N–H and O–H groups in total. The van der Waals surface area contributed by atoms with E-state index in [1.54, 1.807) is 12.1 Å². The summed E-state index contributed by atoms with van der Waals surface area (Å²) >= 11 is 0.269. The first-order valence-electron chi connectivity index (χ1n) is 7.00. The van der Waals surface area contributed by atoms with Gasteiger partial charge in [0.05, 0.1) is 12.1 Å². The van der Waals surface area contributed by atoms with Crippen LogP contribution < -0.4 is 0 Å². The van der Waals surface area contributed by atoms with Crippen LogP contribution in [0.4, 0.5) is 17.1 Å². The highest BCUT2D eigenvalue weighted by Gasteiger charge is 1.91. The molecule has 0 saturated carbocycles. The molecule has 0 nitrogen and oxygen atoms in total. The lowest BCUT2D eigenvalue weighted by atomic mass is 10.1. The van der Waals surface area contributed by atoms with E-state index in [1.165, 1.54) is 11.1 Å². The van der Waals surface area contributed by atoms with Crippen molar-refractivity contribution in [3.05, 3.63) is 91.0 Å². The van der Waals surface area contributed by atoms with Crippen LogP contribution in [0.3, 0.4) is 0 Å². The Morgan fingerprint density at radius 3 is 1.08 bits per heavy atom. The van der Waals surface area contributed by atoms with Gasteiger partial charge in [-0.1, -0.05) is 78.9 Å². The van der Waals surface area contributed by atoms with E-state index >= 15 is 0 Å². The van der Waals surface area contributed by atoms with E-state index < -0.39 is 6.68 Å². The molecular weight excluding hydrogens is 336 g/mol. The number of benzene rings is 3. The molecule has 0 aliphatic rings. The minimum atomic E-state index is -3.67. The number of alkyl halides is 3. The zero-order valence-corrected chi connectivity index (χ0v) is 13.5. The Hall–Kier alpha value is -2.27. The van der Waals surface area contributed by atoms with Gasteiger partial charge in [0.2, 0.25) is 0 Å². The van der Waals surface area contributed by atoms with E-state index in [0.29, 0.717) is 4.90 Å². The summed E-state index contributed by atoms with van der Waals surface area (Å²) in [4.78, 5) is 0.660. The van der Waals surface area contributed by atoms with Gasteiger partial charge in [-0.15, -0.1) is 0 Å². The first-order chi connectivity index (χ1) is 11.6. The molecule has 0 aliphatic heterocycles. The van der Waals surface area contributed by atoms with Crippen molar-refractivity contribution >= 4 is 12.1 Å². The van der Waals surface area contributed by atoms with E-state index in [-0.39, 0.29) is 12.1 Å². The molecule has 3 aromatic carbocycles. The summed E-state index contributed by atoms with van der Waals surface area (Å²) in [6.07, 6.45) is 0. The molecule has 0 atom stereocenters. The second-order valence-electron chi connectivity index (χ2n) is 4.37. The lowest BCUT2D eigenvalue weighted by Gasteiger charge is -1.98. The van der Waals surface area contributed by atoms with Crippen LogP contribution in [0.5, 0.6) is 0 Å².